The molecule has 0 radical (unpaired) electrons. The third kappa shape index (κ3) is 5.32. The number of nitrogens with one attached hydrogen (secondary N) is 2. The number of amides is 3. The van der Waals surface area contributed by atoms with Crippen LogP contribution in [-0.4, -0.2) is 26.4 Å². The number of carbonyl (C=O) groups is 2. The molecular formula is C17H19N3O4S. The third-order valence-electron chi connectivity index (χ3n) is 3.49. The van der Waals surface area contributed by atoms with Crippen LogP contribution in [0.15, 0.2) is 59.5 Å². The average molecular weight is 361 g/mol. The summed E-state index contributed by atoms with van der Waals surface area (Å²) in [5.74, 6) is -0.758. The van der Waals surface area contributed by atoms with Gasteiger partial charge >= 0.3 is 6.03 Å². The first kappa shape index (κ1) is 18.5. The Bertz CT molecular complexity index is 849. The average Bonchev–Trinajstić information content (AvgIpc) is 2.55. The van der Waals surface area contributed by atoms with E-state index in [1.54, 1.807) is 36.4 Å². The Morgan fingerprint density at radius 1 is 1.04 bits per heavy atom. The zero-order valence-electron chi connectivity index (χ0n) is 13.6. The number of nitrogens with two attached hydrogens (primary N) is 1. The summed E-state index contributed by atoms with van der Waals surface area (Å²) >= 11 is 0. The van der Waals surface area contributed by atoms with E-state index < -0.39 is 28.0 Å². The first-order chi connectivity index (χ1) is 11.8. The van der Waals surface area contributed by atoms with Gasteiger partial charge in [0.15, 0.2) is 0 Å². The molecule has 8 heteroatoms. The van der Waals surface area contributed by atoms with E-state index in [9.17, 15) is 18.0 Å². The van der Waals surface area contributed by atoms with E-state index in [4.69, 9.17) is 5.73 Å². The number of carbonyl (C=O) groups excluding carboxylic acids is 2. The molecule has 0 fully saturated rings. The molecule has 25 heavy (non-hydrogen) atoms. The van der Waals surface area contributed by atoms with Crippen LogP contribution in [-0.2, 0) is 21.2 Å². The first-order valence-corrected chi connectivity index (χ1v) is 8.99. The fourth-order valence-electron chi connectivity index (χ4n) is 2.16. The predicted octanol–water partition coefficient (Wildman–Crippen LogP) is 1.08. The molecule has 7 nitrogen and oxygen atoms in total. The maximum absolute atomic E-state index is 12.2. The lowest BCUT2D eigenvalue weighted by Crippen LogP contribution is -2.50. The van der Waals surface area contributed by atoms with Crippen molar-refractivity contribution in [3.63, 3.8) is 0 Å². The summed E-state index contributed by atoms with van der Waals surface area (Å²) in [5, 5.41) is 2.30. The van der Waals surface area contributed by atoms with Crippen LogP contribution >= 0.6 is 0 Å². The Labute approximate surface area is 146 Å². The lowest BCUT2D eigenvalue weighted by atomic mass is 10.1. The lowest BCUT2D eigenvalue weighted by molar-refractivity contribution is -0.119. The van der Waals surface area contributed by atoms with Crippen molar-refractivity contribution in [2.75, 3.05) is 0 Å². The fraction of sp³-hybridized carbons (Fsp3) is 0.176. The Kier molecular flexibility index (Phi) is 5.76. The molecule has 0 unspecified atom stereocenters. The molecular weight excluding hydrogens is 342 g/mol. The van der Waals surface area contributed by atoms with Crippen LogP contribution in [0.5, 0.6) is 0 Å². The van der Waals surface area contributed by atoms with Gasteiger partial charge in [0.2, 0.25) is 5.91 Å². The van der Waals surface area contributed by atoms with Crippen molar-refractivity contribution < 1.29 is 18.0 Å². The maximum atomic E-state index is 12.2. The summed E-state index contributed by atoms with van der Waals surface area (Å²) in [6.07, 6.45) is 0.161. The fourth-order valence-corrected chi connectivity index (χ4v) is 3.07. The molecule has 0 saturated carbocycles. The van der Waals surface area contributed by atoms with Crippen molar-refractivity contribution in [2.24, 2.45) is 5.73 Å². The van der Waals surface area contributed by atoms with E-state index in [1.165, 1.54) is 12.1 Å². The van der Waals surface area contributed by atoms with E-state index in [2.05, 4.69) is 5.32 Å². The molecule has 2 aromatic carbocycles. The Balaban J connectivity index is 2.05. The normalized spacial score (nSPS) is 12.2. The minimum absolute atomic E-state index is 0.0491. The van der Waals surface area contributed by atoms with Gasteiger partial charge in [-0.05, 0) is 24.6 Å². The molecule has 2 rings (SSSR count). The minimum Gasteiger partial charge on any atom is -0.368 e. The van der Waals surface area contributed by atoms with Gasteiger partial charge in [-0.25, -0.2) is 17.9 Å². The predicted molar refractivity (Wildman–Crippen MR) is 93.2 cm³/mol. The lowest BCUT2D eigenvalue weighted by Gasteiger charge is -2.16. The highest BCUT2D eigenvalue weighted by atomic mass is 32.2. The zero-order valence-corrected chi connectivity index (χ0v) is 14.4. The number of aryl methyl sites for hydroxylation is 1. The summed E-state index contributed by atoms with van der Waals surface area (Å²) in [5.41, 5.74) is 6.97. The second-order valence-corrected chi connectivity index (χ2v) is 7.22. The van der Waals surface area contributed by atoms with Gasteiger partial charge in [0.25, 0.3) is 10.0 Å². The van der Waals surface area contributed by atoms with Gasteiger partial charge < -0.3 is 11.1 Å². The van der Waals surface area contributed by atoms with Crippen LogP contribution in [0.1, 0.15) is 11.1 Å². The number of benzene rings is 2. The van der Waals surface area contributed by atoms with Gasteiger partial charge in [-0.3, -0.25) is 4.79 Å². The molecule has 0 aliphatic heterocycles. The summed E-state index contributed by atoms with van der Waals surface area (Å²) in [7, 11) is -4.03. The summed E-state index contributed by atoms with van der Waals surface area (Å²) < 4.78 is 26.2. The number of sulfonamides is 1. The van der Waals surface area contributed by atoms with E-state index in [-0.39, 0.29) is 11.3 Å². The second kappa shape index (κ2) is 7.80. The molecule has 0 bridgehead atoms. The van der Waals surface area contributed by atoms with Crippen molar-refractivity contribution >= 4 is 22.0 Å². The van der Waals surface area contributed by atoms with Gasteiger partial charge in [-0.1, -0.05) is 48.0 Å². The summed E-state index contributed by atoms with van der Waals surface area (Å²) in [6.45, 7) is 1.82. The second-order valence-electron chi connectivity index (χ2n) is 5.54. The molecule has 0 spiro atoms. The molecule has 0 aliphatic carbocycles. The van der Waals surface area contributed by atoms with Gasteiger partial charge in [-0.15, -0.1) is 0 Å². The van der Waals surface area contributed by atoms with Crippen LogP contribution in [0.3, 0.4) is 0 Å². The first-order valence-electron chi connectivity index (χ1n) is 7.51. The van der Waals surface area contributed by atoms with Crippen LogP contribution in [0.2, 0.25) is 0 Å². The van der Waals surface area contributed by atoms with Gasteiger partial charge in [0.1, 0.15) is 6.04 Å². The molecule has 0 saturated heterocycles. The Hall–Kier alpha value is -2.87. The highest BCUT2D eigenvalue weighted by Crippen LogP contribution is 2.10. The van der Waals surface area contributed by atoms with E-state index in [1.807, 2.05) is 17.7 Å². The van der Waals surface area contributed by atoms with Crippen molar-refractivity contribution in [3.05, 3.63) is 65.7 Å². The van der Waals surface area contributed by atoms with Crippen LogP contribution in [0.25, 0.3) is 0 Å². The summed E-state index contributed by atoms with van der Waals surface area (Å²) in [6, 6.07) is 12.9. The number of hydrogen-bond acceptors (Lipinski definition) is 4. The van der Waals surface area contributed by atoms with Crippen molar-refractivity contribution in [2.45, 2.75) is 24.3 Å². The molecule has 1 atom stereocenters. The smallest absolute Gasteiger partial charge is 0.329 e. The molecule has 0 aliphatic rings. The van der Waals surface area contributed by atoms with Crippen molar-refractivity contribution in [3.8, 4) is 0 Å². The number of primary amides is 1. The molecule has 0 aromatic heterocycles. The molecule has 0 heterocycles. The van der Waals surface area contributed by atoms with Crippen LogP contribution < -0.4 is 15.8 Å². The topological polar surface area (TPSA) is 118 Å². The maximum Gasteiger partial charge on any atom is 0.329 e. The molecule has 132 valence electrons. The SMILES string of the molecule is Cc1ccc(S(=O)(=O)NC(=O)N[C@@H](Cc2ccccc2)C(N)=O)cc1. The van der Waals surface area contributed by atoms with Crippen LogP contribution in [0, 0.1) is 6.92 Å². The number of hydrogen-bond donors (Lipinski definition) is 3. The largest absolute Gasteiger partial charge is 0.368 e. The molecule has 3 amide bonds. The minimum atomic E-state index is -4.03. The van der Waals surface area contributed by atoms with Crippen LogP contribution in [0.4, 0.5) is 4.79 Å². The number of urea groups is 1. The van der Waals surface area contributed by atoms with Crippen molar-refractivity contribution in [1.29, 1.82) is 0 Å². The zero-order chi connectivity index (χ0) is 18.4. The van der Waals surface area contributed by atoms with Gasteiger partial charge in [0, 0.05) is 6.42 Å². The third-order valence-corrected chi connectivity index (χ3v) is 4.84. The van der Waals surface area contributed by atoms with Crippen molar-refractivity contribution in [1.82, 2.24) is 10.0 Å². The molecule has 4 N–H and O–H groups in total. The Morgan fingerprint density at radius 2 is 1.64 bits per heavy atom. The highest BCUT2D eigenvalue weighted by molar-refractivity contribution is 7.90. The van der Waals surface area contributed by atoms with E-state index in [0.717, 1.165) is 11.1 Å². The highest BCUT2D eigenvalue weighted by Gasteiger charge is 2.22. The van der Waals surface area contributed by atoms with E-state index >= 15 is 0 Å². The number of rotatable bonds is 6. The van der Waals surface area contributed by atoms with Gasteiger partial charge in [0.05, 0.1) is 4.90 Å². The van der Waals surface area contributed by atoms with E-state index in [0.29, 0.717) is 0 Å². The van der Waals surface area contributed by atoms with Gasteiger partial charge in [-0.2, -0.15) is 0 Å². The standard InChI is InChI=1S/C17H19N3O4S/c1-12-7-9-14(10-8-12)25(23,24)20-17(22)19-15(16(18)21)11-13-5-3-2-4-6-13/h2-10,15H,11H2,1H3,(H2,18,21)(H2,19,20,22)/t15-/m0/s1. The molecule has 2 aromatic rings. The Morgan fingerprint density at radius 3 is 2.20 bits per heavy atom. The monoisotopic (exact) mass is 361 g/mol. The quantitative estimate of drug-likeness (QED) is 0.713. The summed E-state index contributed by atoms with van der Waals surface area (Å²) in [4.78, 5) is 23.5.